The molecule has 0 radical (unpaired) electrons. The number of alkyl halides is 3. The first-order valence-electron chi connectivity index (χ1n) is 7.10. The number of hydrogen-bond acceptors (Lipinski definition) is 4. The van der Waals surface area contributed by atoms with Gasteiger partial charge in [-0.15, -0.1) is 13.2 Å². The molecule has 0 amide bonds. The zero-order valence-corrected chi connectivity index (χ0v) is 14.2. The molecule has 1 aromatic heterocycles. The average Bonchev–Trinajstić information content (AvgIpc) is 2.50. The van der Waals surface area contributed by atoms with E-state index in [0.717, 1.165) is 24.2 Å². The number of nitrogens with zero attached hydrogens (tertiary/aromatic N) is 3. The first-order chi connectivity index (χ1) is 11.2. The summed E-state index contributed by atoms with van der Waals surface area (Å²) in [6, 6.07) is 5.02. The summed E-state index contributed by atoms with van der Waals surface area (Å²) < 4.78 is 42.2. The van der Waals surface area contributed by atoms with Gasteiger partial charge in [-0.3, -0.25) is 4.79 Å². The predicted molar refractivity (Wildman–Crippen MR) is 84.3 cm³/mol. The molecule has 0 atom stereocenters. The molecule has 1 aromatic carbocycles. The van der Waals surface area contributed by atoms with Crippen LogP contribution in [0.5, 0.6) is 5.75 Å². The lowest BCUT2D eigenvalue weighted by molar-refractivity contribution is -0.274. The van der Waals surface area contributed by atoms with E-state index in [4.69, 9.17) is 0 Å². The minimum atomic E-state index is -4.75. The Morgan fingerprint density at radius 1 is 1.21 bits per heavy atom. The second-order valence-corrected chi connectivity index (χ2v) is 6.25. The lowest BCUT2D eigenvalue weighted by atomic mass is 10.0. The van der Waals surface area contributed by atoms with Crippen LogP contribution < -0.4 is 10.3 Å². The van der Waals surface area contributed by atoms with Crippen LogP contribution in [0.1, 0.15) is 11.1 Å². The third-order valence-electron chi connectivity index (χ3n) is 3.74. The van der Waals surface area contributed by atoms with Crippen LogP contribution in [0, 0.1) is 0 Å². The minimum absolute atomic E-state index is 0.274. The second-order valence-electron chi connectivity index (χ2n) is 5.49. The van der Waals surface area contributed by atoms with Crippen molar-refractivity contribution >= 4 is 15.9 Å². The highest BCUT2D eigenvalue weighted by Gasteiger charge is 2.31. The van der Waals surface area contributed by atoms with E-state index in [-0.39, 0.29) is 11.3 Å². The minimum Gasteiger partial charge on any atom is -0.406 e. The molecule has 128 valence electrons. The number of hydrogen-bond donors (Lipinski definition) is 0. The maximum absolute atomic E-state index is 12.7. The van der Waals surface area contributed by atoms with Gasteiger partial charge in [-0.05, 0) is 59.2 Å². The molecule has 1 aliphatic rings. The Hall–Kier alpha value is -1.87. The summed E-state index contributed by atoms with van der Waals surface area (Å²) in [5.41, 5.74) is 1.61. The van der Waals surface area contributed by atoms with Crippen molar-refractivity contribution in [3.63, 3.8) is 0 Å². The van der Waals surface area contributed by atoms with Crippen molar-refractivity contribution in [1.29, 1.82) is 0 Å². The number of aromatic nitrogens is 2. The molecule has 0 fully saturated rings. The zero-order valence-electron chi connectivity index (χ0n) is 12.6. The molecule has 9 heteroatoms. The van der Waals surface area contributed by atoms with Crippen molar-refractivity contribution in [2.45, 2.75) is 19.3 Å². The quantitative estimate of drug-likeness (QED) is 0.773. The summed E-state index contributed by atoms with van der Waals surface area (Å²) in [5, 5.41) is 4.22. The summed E-state index contributed by atoms with van der Waals surface area (Å²) >= 11 is 3.38. The lowest BCUT2D eigenvalue weighted by Crippen LogP contribution is -2.36. The Morgan fingerprint density at radius 3 is 2.50 bits per heavy atom. The van der Waals surface area contributed by atoms with Gasteiger partial charge in [0, 0.05) is 18.7 Å². The maximum atomic E-state index is 12.7. The molecule has 0 saturated heterocycles. The summed E-state index contributed by atoms with van der Waals surface area (Å²) in [4.78, 5) is 14.7. The first kappa shape index (κ1) is 17.0. The van der Waals surface area contributed by atoms with E-state index in [1.165, 1.54) is 16.8 Å². The number of halogens is 4. The number of fused-ring (bicyclic) bond motifs is 1. The van der Waals surface area contributed by atoms with Crippen LogP contribution in [0.2, 0.25) is 0 Å². The number of ether oxygens (including phenoxy) is 1. The number of likely N-dealkylation sites (N-methyl/N-ethyl adjacent to an activating group) is 1. The van der Waals surface area contributed by atoms with Crippen LogP contribution in [0.4, 0.5) is 13.2 Å². The number of rotatable bonds is 2. The van der Waals surface area contributed by atoms with Gasteiger partial charge in [-0.1, -0.05) is 0 Å². The van der Waals surface area contributed by atoms with E-state index in [1.807, 2.05) is 11.9 Å². The summed E-state index contributed by atoms with van der Waals surface area (Å²) in [6.07, 6.45) is -4.04. The van der Waals surface area contributed by atoms with Crippen molar-refractivity contribution in [1.82, 2.24) is 14.7 Å². The molecule has 2 heterocycles. The van der Waals surface area contributed by atoms with Crippen molar-refractivity contribution in [3.8, 4) is 11.4 Å². The van der Waals surface area contributed by atoms with Crippen LogP contribution in [-0.2, 0) is 13.0 Å². The fourth-order valence-corrected chi connectivity index (χ4v) is 3.20. The Bertz CT molecular complexity index is 818. The average molecular weight is 404 g/mol. The third kappa shape index (κ3) is 3.46. The zero-order chi connectivity index (χ0) is 17.5. The Balaban J connectivity index is 2.00. The van der Waals surface area contributed by atoms with Crippen LogP contribution in [0.3, 0.4) is 0 Å². The standard InChI is InChI=1S/C15H13BrF3N3O2/c1-21-7-6-11-12(8-21)14(23)22(20-13(11)16)9-2-4-10(5-3-9)24-15(17,18)19/h2-5H,6-8H2,1H3. The molecule has 0 saturated carbocycles. The van der Waals surface area contributed by atoms with E-state index in [9.17, 15) is 18.0 Å². The van der Waals surface area contributed by atoms with Crippen LogP contribution in [0.25, 0.3) is 5.69 Å². The van der Waals surface area contributed by atoms with Gasteiger partial charge in [-0.25, -0.2) is 0 Å². The SMILES string of the molecule is CN1CCc2c(Br)nn(-c3ccc(OC(F)(F)F)cc3)c(=O)c2C1. The summed E-state index contributed by atoms with van der Waals surface area (Å²) in [7, 11) is 1.92. The van der Waals surface area contributed by atoms with Crippen molar-refractivity contribution in [3.05, 3.63) is 50.3 Å². The van der Waals surface area contributed by atoms with Gasteiger partial charge in [0.25, 0.3) is 5.56 Å². The Kier molecular flexibility index (Phi) is 4.39. The van der Waals surface area contributed by atoms with Gasteiger partial charge in [0.15, 0.2) is 0 Å². The van der Waals surface area contributed by atoms with E-state index in [1.54, 1.807) is 0 Å². The smallest absolute Gasteiger partial charge is 0.406 e. The molecule has 1 aliphatic heterocycles. The fraction of sp³-hybridized carbons (Fsp3) is 0.333. The monoisotopic (exact) mass is 403 g/mol. The fourth-order valence-electron chi connectivity index (χ4n) is 2.61. The molecule has 2 aromatic rings. The molecule has 0 bridgehead atoms. The third-order valence-corrected chi connectivity index (χ3v) is 4.38. The van der Waals surface area contributed by atoms with Crippen molar-refractivity contribution < 1.29 is 17.9 Å². The van der Waals surface area contributed by atoms with E-state index >= 15 is 0 Å². The number of benzene rings is 1. The van der Waals surface area contributed by atoms with Gasteiger partial charge in [0.2, 0.25) is 0 Å². The lowest BCUT2D eigenvalue weighted by Gasteiger charge is -2.25. The largest absolute Gasteiger partial charge is 0.573 e. The van der Waals surface area contributed by atoms with Gasteiger partial charge < -0.3 is 9.64 Å². The molecule has 5 nitrogen and oxygen atoms in total. The Morgan fingerprint density at radius 2 is 1.88 bits per heavy atom. The normalized spacial score (nSPS) is 15.2. The van der Waals surface area contributed by atoms with Gasteiger partial charge in [-0.2, -0.15) is 9.78 Å². The topological polar surface area (TPSA) is 47.4 Å². The van der Waals surface area contributed by atoms with E-state index < -0.39 is 6.36 Å². The summed E-state index contributed by atoms with van der Waals surface area (Å²) in [5.74, 6) is -0.351. The van der Waals surface area contributed by atoms with Gasteiger partial charge in [0.05, 0.1) is 5.69 Å². The Labute approximate surface area is 143 Å². The second kappa shape index (κ2) is 6.21. The maximum Gasteiger partial charge on any atom is 0.573 e. The summed E-state index contributed by atoms with van der Waals surface area (Å²) in [6.45, 7) is 1.34. The molecule has 24 heavy (non-hydrogen) atoms. The van der Waals surface area contributed by atoms with Crippen LogP contribution in [0.15, 0.2) is 33.7 Å². The van der Waals surface area contributed by atoms with Gasteiger partial charge >= 0.3 is 6.36 Å². The van der Waals surface area contributed by atoms with Gasteiger partial charge in [0.1, 0.15) is 10.4 Å². The van der Waals surface area contributed by atoms with Crippen LogP contribution in [-0.4, -0.2) is 34.6 Å². The highest BCUT2D eigenvalue weighted by Crippen LogP contribution is 2.25. The highest BCUT2D eigenvalue weighted by atomic mass is 79.9. The van der Waals surface area contributed by atoms with Crippen molar-refractivity contribution in [2.24, 2.45) is 0 Å². The van der Waals surface area contributed by atoms with Crippen molar-refractivity contribution in [2.75, 3.05) is 13.6 Å². The molecular formula is C15H13BrF3N3O2. The van der Waals surface area contributed by atoms with E-state index in [0.29, 0.717) is 28.8 Å². The van der Waals surface area contributed by atoms with Crippen LogP contribution >= 0.6 is 15.9 Å². The van der Waals surface area contributed by atoms with E-state index in [2.05, 4.69) is 25.8 Å². The molecule has 0 spiro atoms. The molecule has 0 unspecified atom stereocenters. The highest BCUT2D eigenvalue weighted by molar-refractivity contribution is 9.10. The molecule has 0 N–H and O–H groups in total. The molecule has 0 aliphatic carbocycles. The first-order valence-corrected chi connectivity index (χ1v) is 7.89. The predicted octanol–water partition coefficient (Wildman–Crippen LogP) is 2.88. The molecule has 3 rings (SSSR count). The molecular weight excluding hydrogens is 391 g/mol.